The van der Waals surface area contributed by atoms with Gasteiger partial charge >= 0.3 is 0 Å². The molecule has 0 unspecified atom stereocenters. The molecular weight excluding hydrogens is 278 g/mol. The molecule has 1 aromatic carbocycles. The molecule has 0 atom stereocenters. The molecule has 6 nitrogen and oxygen atoms in total. The molecule has 1 amide bonds. The maximum atomic E-state index is 10.7. The average molecular weight is 297 g/mol. The minimum absolute atomic E-state index is 0.200. The quantitative estimate of drug-likeness (QED) is 0.550. The first-order valence-electron chi connectivity index (χ1n) is 6.08. The van der Waals surface area contributed by atoms with E-state index in [0.29, 0.717) is 23.2 Å². The van der Waals surface area contributed by atoms with Crippen molar-refractivity contribution in [3.05, 3.63) is 23.8 Å². The highest BCUT2D eigenvalue weighted by Gasteiger charge is 2.04. The fourth-order valence-electron chi connectivity index (χ4n) is 1.55. The summed E-state index contributed by atoms with van der Waals surface area (Å²) in [5.74, 6) is 1.20. The van der Waals surface area contributed by atoms with Gasteiger partial charge in [-0.15, -0.1) is 0 Å². The van der Waals surface area contributed by atoms with Crippen LogP contribution in [0.2, 0.25) is 0 Å². The molecule has 1 aromatic rings. The summed E-state index contributed by atoms with van der Waals surface area (Å²) in [6.45, 7) is 2.04. The van der Waals surface area contributed by atoms with Crippen LogP contribution in [0.15, 0.2) is 18.2 Å². The predicted molar refractivity (Wildman–Crippen MR) is 80.8 cm³/mol. The summed E-state index contributed by atoms with van der Waals surface area (Å²) < 4.78 is 10.4. The summed E-state index contributed by atoms with van der Waals surface area (Å²) in [4.78, 5) is 10.7. The van der Waals surface area contributed by atoms with Crippen molar-refractivity contribution in [3.8, 4) is 11.5 Å². The number of hydrazine groups is 1. The standard InChI is InChI=1S/C13H19N3O3S/c1-9(17)15-16-13(20)14-7-6-10-4-5-11(18-2)12(8-10)19-3/h4-5,8H,6-7H2,1-3H3,(H,15,17)(H2,14,16,20). The smallest absolute Gasteiger partial charge is 0.235 e. The molecule has 110 valence electrons. The van der Waals surface area contributed by atoms with Gasteiger partial charge in [-0.05, 0) is 36.3 Å². The number of hydrogen-bond acceptors (Lipinski definition) is 4. The van der Waals surface area contributed by atoms with Crippen molar-refractivity contribution in [3.63, 3.8) is 0 Å². The first kappa shape index (κ1) is 16.0. The van der Waals surface area contributed by atoms with E-state index in [9.17, 15) is 4.79 Å². The molecule has 0 aromatic heterocycles. The number of benzene rings is 1. The van der Waals surface area contributed by atoms with Crippen LogP contribution in [-0.4, -0.2) is 31.8 Å². The van der Waals surface area contributed by atoms with Gasteiger partial charge in [0.05, 0.1) is 14.2 Å². The molecule has 3 N–H and O–H groups in total. The van der Waals surface area contributed by atoms with E-state index in [-0.39, 0.29) is 5.91 Å². The summed E-state index contributed by atoms with van der Waals surface area (Å²) in [7, 11) is 3.21. The van der Waals surface area contributed by atoms with Crippen LogP contribution in [0.5, 0.6) is 11.5 Å². The minimum atomic E-state index is -0.200. The Kier molecular flexibility index (Phi) is 6.58. The normalized spacial score (nSPS) is 9.55. The molecule has 1 rings (SSSR count). The van der Waals surface area contributed by atoms with Crippen LogP contribution >= 0.6 is 12.2 Å². The Bertz CT molecular complexity index is 480. The second-order valence-corrected chi connectivity index (χ2v) is 4.41. The highest BCUT2D eigenvalue weighted by molar-refractivity contribution is 7.80. The number of carbonyl (C=O) groups is 1. The Balaban J connectivity index is 2.42. The van der Waals surface area contributed by atoms with Gasteiger partial charge in [-0.1, -0.05) is 6.07 Å². The summed E-state index contributed by atoms with van der Waals surface area (Å²) >= 11 is 4.99. The van der Waals surface area contributed by atoms with Crippen LogP contribution in [0.1, 0.15) is 12.5 Å². The van der Waals surface area contributed by atoms with E-state index in [1.807, 2.05) is 18.2 Å². The molecule has 0 spiro atoms. The molecule has 0 aliphatic rings. The van der Waals surface area contributed by atoms with E-state index in [4.69, 9.17) is 21.7 Å². The van der Waals surface area contributed by atoms with Crippen molar-refractivity contribution >= 4 is 23.2 Å². The van der Waals surface area contributed by atoms with Gasteiger partial charge in [-0.2, -0.15) is 0 Å². The van der Waals surface area contributed by atoms with Gasteiger partial charge in [0.1, 0.15) is 0 Å². The number of thiocarbonyl (C=S) groups is 1. The molecule has 0 saturated carbocycles. The second kappa shape index (κ2) is 8.21. The zero-order valence-electron chi connectivity index (χ0n) is 11.8. The number of ether oxygens (including phenoxy) is 2. The third kappa shape index (κ3) is 5.31. The molecule has 0 radical (unpaired) electrons. The average Bonchev–Trinajstić information content (AvgIpc) is 2.44. The molecule has 0 fully saturated rings. The van der Waals surface area contributed by atoms with Crippen molar-refractivity contribution in [2.24, 2.45) is 0 Å². The predicted octanol–water partition coefficient (Wildman–Crippen LogP) is 0.761. The highest BCUT2D eigenvalue weighted by Crippen LogP contribution is 2.27. The first-order valence-corrected chi connectivity index (χ1v) is 6.49. The maximum Gasteiger partial charge on any atom is 0.235 e. The molecule has 0 aliphatic heterocycles. The second-order valence-electron chi connectivity index (χ2n) is 4.00. The lowest BCUT2D eigenvalue weighted by Gasteiger charge is -2.12. The summed E-state index contributed by atoms with van der Waals surface area (Å²) in [6, 6.07) is 5.75. The maximum absolute atomic E-state index is 10.7. The molecule has 7 heteroatoms. The van der Waals surface area contributed by atoms with Crippen LogP contribution in [-0.2, 0) is 11.2 Å². The zero-order chi connectivity index (χ0) is 15.0. The first-order chi connectivity index (χ1) is 9.56. The van der Waals surface area contributed by atoms with Gasteiger partial charge in [0.15, 0.2) is 16.6 Å². The summed E-state index contributed by atoms with van der Waals surface area (Å²) in [5, 5.41) is 3.36. The number of hydrogen-bond donors (Lipinski definition) is 3. The van der Waals surface area contributed by atoms with Crippen molar-refractivity contribution in [1.29, 1.82) is 0 Å². The van der Waals surface area contributed by atoms with Crippen molar-refractivity contribution in [1.82, 2.24) is 16.2 Å². The topological polar surface area (TPSA) is 71.6 Å². The summed E-state index contributed by atoms with van der Waals surface area (Å²) in [5.41, 5.74) is 6.08. The fraction of sp³-hybridized carbons (Fsp3) is 0.385. The number of amides is 1. The summed E-state index contributed by atoms with van der Waals surface area (Å²) in [6.07, 6.45) is 0.766. The number of methoxy groups -OCH3 is 2. The van der Waals surface area contributed by atoms with Crippen LogP contribution in [0.3, 0.4) is 0 Å². The Morgan fingerprint density at radius 3 is 2.50 bits per heavy atom. The lowest BCUT2D eigenvalue weighted by Crippen LogP contribution is -2.46. The van der Waals surface area contributed by atoms with Crippen molar-refractivity contribution in [2.45, 2.75) is 13.3 Å². The third-order valence-corrected chi connectivity index (χ3v) is 2.75. The van der Waals surface area contributed by atoms with Gasteiger partial charge in [0.25, 0.3) is 0 Å². The van der Waals surface area contributed by atoms with Gasteiger partial charge in [-0.3, -0.25) is 15.6 Å². The van der Waals surface area contributed by atoms with E-state index in [2.05, 4.69) is 16.2 Å². The zero-order valence-corrected chi connectivity index (χ0v) is 12.6. The molecule has 0 heterocycles. The van der Waals surface area contributed by atoms with Gasteiger partial charge in [0, 0.05) is 13.5 Å². The fourth-order valence-corrected chi connectivity index (χ4v) is 1.70. The van der Waals surface area contributed by atoms with E-state index < -0.39 is 0 Å². The minimum Gasteiger partial charge on any atom is -0.493 e. The Morgan fingerprint density at radius 2 is 1.90 bits per heavy atom. The monoisotopic (exact) mass is 297 g/mol. The Morgan fingerprint density at radius 1 is 1.20 bits per heavy atom. The Labute approximate surface area is 123 Å². The SMILES string of the molecule is COc1ccc(CCNC(=S)NNC(C)=O)cc1OC. The largest absolute Gasteiger partial charge is 0.493 e. The lowest BCUT2D eigenvalue weighted by atomic mass is 10.1. The van der Waals surface area contributed by atoms with Crippen molar-refractivity contribution in [2.75, 3.05) is 20.8 Å². The van der Waals surface area contributed by atoms with Gasteiger partial charge in [0.2, 0.25) is 5.91 Å². The van der Waals surface area contributed by atoms with Gasteiger partial charge < -0.3 is 14.8 Å². The number of rotatable bonds is 5. The van der Waals surface area contributed by atoms with Crippen LogP contribution in [0.25, 0.3) is 0 Å². The van der Waals surface area contributed by atoms with Crippen LogP contribution < -0.4 is 25.6 Å². The van der Waals surface area contributed by atoms with E-state index in [0.717, 1.165) is 12.0 Å². The van der Waals surface area contributed by atoms with Crippen LogP contribution in [0, 0.1) is 0 Å². The van der Waals surface area contributed by atoms with E-state index >= 15 is 0 Å². The van der Waals surface area contributed by atoms with Crippen molar-refractivity contribution < 1.29 is 14.3 Å². The molecule has 0 aliphatic carbocycles. The lowest BCUT2D eigenvalue weighted by molar-refractivity contribution is -0.119. The third-order valence-electron chi connectivity index (χ3n) is 2.50. The molecule has 0 saturated heterocycles. The number of carbonyl (C=O) groups excluding carboxylic acids is 1. The number of nitrogens with one attached hydrogen (secondary N) is 3. The van der Waals surface area contributed by atoms with Crippen LogP contribution in [0.4, 0.5) is 0 Å². The highest BCUT2D eigenvalue weighted by atomic mass is 32.1. The molecule has 20 heavy (non-hydrogen) atoms. The Hall–Kier alpha value is -2.02. The molecular formula is C13H19N3O3S. The molecule has 0 bridgehead atoms. The van der Waals surface area contributed by atoms with E-state index in [1.165, 1.54) is 6.92 Å². The van der Waals surface area contributed by atoms with E-state index in [1.54, 1.807) is 14.2 Å². The van der Waals surface area contributed by atoms with Gasteiger partial charge in [-0.25, -0.2) is 0 Å².